The van der Waals surface area contributed by atoms with Crippen molar-refractivity contribution in [3.05, 3.63) is 76.8 Å². The molecule has 0 saturated heterocycles. The molecule has 2 atom stereocenters. The summed E-state index contributed by atoms with van der Waals surface area (Å²) < 4.78 is 0.937. The van der Waals surface area contributed by atoms with E-state index in [4.69, 9.17) is 11.6 Å². The van der Waals surface area contributed by atoms with Gasteiger partial charge in [0.2, 0.25) is 11.8 Å². The van der Waals surface area contributed by atoms with Crippen molar-refractivity contribution >= 4 is 50.8 Å². The van der Waals surface area contributed by atoms with Gasteiger partial charge in [-0.1, -0.05) is 48.5 Å². The quantitative estimate of drug-likeness (QED) is 0.360. The lowest BCUT2D eigenvalue weighted by Gasteiger charge is -2.22. The maximum absolute atomic E-state index is 13.3. The highest BCUT2D eigenvalue weighted by Crippen LogP contribution is 2.27. The molecular formula is C26H28ClN3O3S. The number of benzene rings is 2. The maximum Gasteiger partial charge on any atom is 0.224 e. The molecule has 2 N–H and O–H groups in total. The molecule has 8 heteroatoms. The van der Waals surface area contributed by atoms with E-state index in [2.05, 4.69) is 22.2 Å². The van der Waals surface area contributed by atoms with Gasteiger partial charge >= 0.3 is 0 Å². The fourth-order valence-corrected chi connectivity index (χ4v) is 5.01. The monoisotopic (exact) mass is 497 g/mol. The second kappa shape index (κ2) is 12.4. The number of amides is 2. The van der Waals surface area contributed by atoms with E-state index in [9.17, 15) is 14.4 Å². The van der Waals surface area contributed by atoms with Crippen LogP contribution in [0, 0.1) is 5.92 Å². The van der Waals surface area contributed by atoms with Crippen LogP contribution in [0.25, 0.3) is 10.2 Å². The van der Waals surface area contributed by atoms with E-state index in [1.54, 1.807) is 13.1 Å². The molecule has 0 spiro atoms. The summed E-state index contributed by atoms with van der Waals surface area (Å²) in [6, 6.07) is 15.0. The Kier molecular flexibility index (Phi) is 9.36. The molecule has 0 bridgehead atoms. The number of fused-ring (bicyclic) bond motifs is 1. The highest BCUT2D eigenvalue weighted by atomic mass is 35.5. The zero-order chi connectivity index (χ0) is 24.5. The lowest BCUT2D eigenvalue weighted by Crippen LogP contribution is -2.42. The van der Waals surface area contributed by atoms with E-state index in [-0.39, 0.29) is 30.1 Å². The first-order valence-electron chi connectivity index (χ1n) is 11.1. The van der Waals surface area contributed by atoms with Crippen molar-refractivity contribution in [2.75, 3.05) is 7.05 Å². The molecule has 2 aromatic carbocycles. The van der Waals surface area contributed by atoms with Gasteiger partial charge in [-0.2, -0.15) is 0 Å². The predicted molar refractivity (Wildman–Crippen MR) is 137 cm³/mol. The Labute approximate surface area is 208 Å². The number of allylic oxidation sites excluding steroid dienone is 1. The van der Waals surface area contributed by atoms with Crippen molar-refractivity contribution in [3.8, 4) is 0 Å². The highest BCUT2D eigenvalue weighted by molar-refractivity contribution is 7.18. The third-order valence-electron chi connectivity index (χ3n) is 5.54. The number of carbonyl (C=O) groups is 3. The SMILES string of the molecule is C=CC(=O)CC[C@H](Cc1ccccc1)NC(=O)[C@@H](CC(=O)NC)Cc1nc2ccc(Cl)cc2s1. The summed E-state index contributed by atoms with van der Waals surface area (Å²) >= 11 is 7.56. The van der Waals surface area contributed by atoms with Crippen LogP contribution in [-0.4, -0.2) is 35.7 Å². The van der Waals surface area contributed by atoms with E-state index < -0.39 is 5.92 Å². The van der Waals surface area contributed by atoms with Gasteiger partial charge in [0.25, 0.3) is 0 Å². The number of aromatic nitrogens is 1. The first kappa shape index (κ1) is 25.6. The molecule has 1 aromatic heterocycles. The minimum atomic E-state index is -0.593. The van der Waals surface area contributed by atoms with Crippen LogP contribution in [0.2, 0.25) is 5.02 Å². The number of carbonyl (C=O) groups excluding carboxylic acids is 3. The average Bonchev–Trinajstić information content (AvgIpc) is 3.23. The molecule has 6 nitrogen and oxygen atoms in total. The minimum Gasteiger partial charge on any atom is -0.359 e. The van der Waals surface area contributed by atoms with E-state index in [1.807, 2.05) is 42.5 Å². The van der Waals surface area contributed by atoms with E-state index >= 15 is 0 Å². The van der Waals surface area contributed by atoms with Crippen LogP contribution in [0.4, 0.5) is 0 Å². The van der Waals surface area contributed by atoms with Crippen LogP contribution < -0.4 is 10.6 Å². The number of nitrogens with one attached hydrogen (secondary N) is 2. The molecule has 0 unspecified atom stereocenters. The van der Waals surface area contributed by atoms with Gasteiger partial charge in [-0.3, -0.25) is 14.4 Å². The van der Waals surface area contributed by atoms with Crippen molar-refractivity contribution in [3.63, 3.8) is 0 Å². The number of hydrogen-bond donors (Lipinski definition) is 2. The Hall–Kier alpha value is -3.03. The number of nitrogens with zero attached hydrogens (tertiary/aromatic N) is 1. The van der Waals surface area contributed by atoms with Gasteiger partial charge in [0.1, 0.15) is 0 Å². The summed E-state index contributed by atoms with van der Waals surface area (Å²) in [6.45, 7) is 3.53. The third kappa shape index (κ3) is 7.50. The van der Waals surface area contributed by atoms with Gasteiger partial charge < -0.3 is 10.6 Å². The smallest absolute Gasteiger partial charge is 0.224 e. The molecule has 1 heterocycles. The topological polar surface area (TPSA) is 88.2 Å². The number of rotatable bonds is 12. The second-order valence-electron chi connectivity index (χ2n) is 8.10. The molecule has 2 amide bonds. The molecule has 3 rings (SSSR count). The molecule has 0 saturated carbocycles. The fraction of sp³-hybridized carbons (Fsp3) is 0.308. The van der Waals surface area contributed by atoms with Crippen LogP contribution in [0.5, 0.6) is 0 Å². The molecule has 178 valence electrons. The van der Waals surface area contributed by atoms with Gasteiger partial charge in [0.05, 0.1) is 21.1 Å². The average molecular weight is 498 g/mol. The van der Waals surface area contributed by atoms with Crippen LogP contribution in [-0.2, 0) is 27.2 Å². The fourth-order valence-electron chi connectivity index (χ4n) is 3.69. The van der Waals surface area contributed by atoms with Gasteiger partial charge in [0, 0.05) is 37.4 Å². The predicted octanol–water partition coefficient (Wildman–Crippen LogP) is 4.51. The van der Waals surface area contributed by atoms with E-state index in [0.717, 1.165) is 20.8 Å². The number of hydrogen-bond acceptors (Lipinski definition) is 5. The molecule has 34 heavy (non-hydrogen) atoms. The van der Waals surface area contributed by atoms with E-state index in [0.29, 0.717) is 30.7 Å². The number of halogens is 1. The summed E-state index contributed by atoms with van der Waals surface area (Å²) in [4.78, 5) is 42.0. The normalized spacial score (nSPS) is 12.6. The van der Waals surface area contributed by atoms with Gasteiger partial charge in [-0.15, -0.1) is 11.3 Å². The van der Waals surface area contributed by atoms with Crippen LogP contribution in [0.1, 0.15) is 29.8 Å². The van der Waals surface area contributed by atoms with Crippen LogP contribution >= 0.6 is 22.9 Å². The highest BCUT2D eigenvalue weighted by Gasteiger charge is 2.26. The van der Waals surface area contributed by atoms with Gasteiger partial charge in [-0.05, 0) is 42.7 Å². The van der Waals surface area contributed by atoms with Crippen molar-refractivity contribution in [2.45, 2.75) is 38.1 Å². The summed E-state index contributed by atoms with van der Waals surface area (Å²) in [5.74, 6) is -1.11. The molecule has 0 aliphatic rings. The first-order valence-corrected chi connectivity index (χ1v) is 12.3. The summed E-state index contributed by atoms with van der Waals surface area (Å²) in [5, 5.41) is 7.08. The minimum absolute atomic E-state index is 0.0443. The molecule has 3 aromatic rings. The van der Waals surface area contributed by atoms with Crippen molar-refractivity contribution in [1.29, 1.82) is 0 Å². The van der Waals surface area contributed by atoms with E-state index in [1.165, 1.54) is 17.4 Å². The Morgan fingerprint density at radius 1 is 1.15 bits per heavy atom. The first-order chi connectivity index (χ1) is 16.4. The third-order valence-corrected chi connectivity index (χ3v) is 6.81. The Bertz CT molecular complexity index is 1160. The maximum atomic E-state index is 13.3. The van der Waals surface area contributed by atoms with Crippen LogP contribution in [0.3, 0.4) is 0 Å². The Morgan fingerprint density at radius 3 is 2.62 bits per heavy atom. The number of thiazole rings is 1. The molecule has 0 aliphatic carbocycles. The van der Waals surface area contributed by atoms with Crippen LogP contribution in [0.15, 0.2) is 61.2 Å². The largest absolute Gasteiger partial charge is 0.359 e. The molecule has 0 aliphatic heterocycles. The van der Waals surface area contributed by atoms with Crippen molar-refractivity contribution < 1.29 is 14.4 Å². The lowest BCUT2D eigenvalue weighted by atomic mass is 9.96. The molecule has 0 fully saturated rings. The number of ketones is 1. The Balaban J connectivity index is 1.77. The standard InChI is InChI=1S/C26H28ClN3O3S/c1-3-21(31)11-10-20(13-17-7-5-4-6-8-17)29-26(33)18(14-24(32)28-2)15-25-30-22-12-9-19(27)16-23(22)34-25/h3-9,12,16,18,20H,1,10-11,13-15H2,2H3,(H,28,32)(H,29,33)/t18-,20+/m0/s1. The van der Waals surface area contributed by atoms with Crippen molar-refractivity contribution in [1.82, 2.24) is 15.6 Å². The van der Waals surface area contributed by atoms with Crippen molar-refractivity contribution in [2.24, 2.45) is 5.92 Å². The zero-order valence-corrected chi connectivity index (χ0v) is 20.6. The van der Waals surface area contributed by atoms with Gasteiger partial charge in [0.15, 0.2) is 5.78 Å². The summed E-state index contributed by atoms with van der Waals surface area (Å²) in [5.41, 5.74) is 1.87. The van der Waals surface area contributed by atoms with Gasteiger partial charge in [-0.25, -0.2) is 4.98 Å². The molecular weight excluding hydrogens is 470 g/mol. The Morgan fingerprint density at radius 2 is 1.91 bits per heavy atom. The zero-order valence-electron chi connectivity index (χ0n) is 19.1. The summed E-state index contributed by atoms with van der Waals surface area (Å²) in [7, 11) is 1.55. The summed E-state index contributed by atoms with van der Waals surface area (Å²) in [6.07, 6.45) is 3.04. The lowest BCUT2D eigenvalue weighted by molar-refractivity contribution is -0.130. The molecule has 0 radical (unpaired) electrons. The second-order valence-corrected chi connectivity index (χ2v) is 9.65.